The molecule has 3 fully saturated rings. The first-order valence-corrected chi connectivity index (χ1v) is 13.8. The van der Waals surface area contributed by atoms with E-state index in [1.165, 1.54) is 18.2 Å². The number of benzene rings is 2. The first-order valence-electron chi connectivity index (χ1n) is 13.8. The molecule has 220 valence electrons. The van der Waals surface area contributed by atoms with Crippen LogP contribution in [-0.4, -0.2) is 86.0 Å². The van der Waals surface area contributed by atoms with Crippen molar-refractivity contribution in [3.63, 3.8) is 0 Å². The highest BCUT2D eigenvalue weighted by Gasteiger charge is 2.45. The summed E-state index contributed by atoms with van der Waals surface area (Å²) in [6, 6.07) is 10.8. The molecule has 9 nitrogen and oxygen atoms in total. The lowest BCUT2D eigenvalue weighted by Crippen LogP contribution is -2.49. The third kappa shape index (κ3) is 6.82. The van der Waals surface area contributed by atoms with E-state index in [4.69, 9.17) is 4.74 Å². The molecule has 2 N–H and O–H groups in total. The van der Waals surface area contributed by atoms with E-state index in [0.29, 0.717) is 68.1 Å². The van der Waals surface area contributed by atoms with Crippen LogP contribution < -0.4 is 20.4 Å². The molecule has 3 heterocycles. The van der Waals surface area contributed by atoms with E-state index in [1.807, 2.05) is 4.90 Å². The lowest BCUT2D eigenvalue weighted by Gasteiger charge is -2.37. The van der Waals surface area contributed by atoms with Gasteiger partial charge < -0.3 is 9.64 Å². The molecule has 2 aromatic rings. The second kappa shape index (κ2) is 12.1. The van der Waals surface area contributed by atoms with Gasteiger partial charge in [0, 0.05) is 50.6 Å². The molecule has 2 unspecified atom stereocenters. The number of hydrogen-bond acceptors (Lipinski definition) is 7. The summed E-state index contributed by atoms with van der Waals surface area (Å²) < 4.78 is 48.9. The highest BCUT2D eigenvalue weighted by atomic mass is 19.3. The predicted molar refractivity (Wildman–Crippen MR) is 145 cm³/mol. The SMILES string of the molecule is COc1cccc(C(=O)NN2CC(F)(F)CC2CCN2CCN(c3ccc(C4CCC(=O)NC4=O)cc3F)CC2)c1. The first kappa shape index (κ1) is 28.9. The van der Waals surface area contributed by atoms with E-state index in [2.05, 4.69) is 15.6 Å². The van der Waals surface area contributed by atoms with Crippen LogP contribution >= 0.6 is 0 Å². The Labute approximate surface area is 236 Å². The lowest BCUT2D eigenvalue weighted by molar-refractivity contribution is -0.134. The van der Waals surface area contributed by atoms with Crippen molar-refractivity contribution in [2.75, 3.05) is 51.3 Å². The number of nitrogens with one attached hydrogen (secondary N) is 2. The highest BCUT2D eigenvalue weighted by molar-refractivity contribution is 6.01. The molecule has 0 aliphatic carbocycles. The van der Waals surface area contributed by atoms with Gasteiger partial charge in [-0.15, -0.1) is 0 Å². The molecule has 0 spiro atoms. The van der Waals surface area contributed by atoms with Crippen LogP contribution in [0.25, 0.3) is 0 Å². The van der Waals surface area contributed by atoms with Gasteiger partial charge in [0.25, 0.3) is 11.8 Å². The van der Waals surface area contributed by atoms with Crippen LogP contribution in [0.3, 0.4) is 0 Å². The monoisotopic (exact) mass is 573 g/mol. The summed E-state index contributed by atoms with van der Waals surface area (Å²) in [5, 5.41) is 3.65. The van der Waals surface area contributed by atoms with Crippen LogP contribution in [0, 0.1) is 5.82 Å². The molecule has 0 radical (unpaired) electrons. The molecule has 3 aliphatic rings. The Bertz CT molecular complexity index is 1300. The van der Waals surface area contributed by atoms with Crippen LogP contribution in [0.2, 0.25) is 0 Å². The van der Waals surface area contributed by atoms with Crippen molar-refractivity contribution in [2.24, 2.45) is 0 Å². The Morgan fingerprint density at radius 1 is 1.12 bits per heavy atom. The van der Waals surface area contributed by atoms with Gasteiger partial charge in [0.15, 0.2) is 0 Å². The maximum absolute atomic E-state index is 15.1. The van der Waals surface area contributed by atoms with Crippen molar-refractivity contribution in [3.05, 3.63) is 59.4 Å². The van der Waals surface area contributed by atoms with Crippen molar-refractivity contribution in [3.8, 4) is 5.75 Å². The Hall–Kier alpha value is -3.64. The minimum absolute atomic E-state index is 0.229. The molecule has 12 heteroatoms. The number of imide groups is 1. The number of halogens is 3. The average Bonchev–Trinajstić information content (AvgIpc) is 3.24. The molecular formula is C29H34F3N5O4. The first-order chi connectivity index (χ1) is 19.6. The normalized spacial score (nSPS) is 23.4. The Balaban J connectivity index is 1.13. The third-order valence-electron chi connectivity index (χ3n) is 8.06. The molecule has 0 aromatic heterocycles. The minimum Gasteiger partial charge on any atom is -0.497 e. The average molecular weight is 574 g/mol. The van der Waals surface area contributed by atoms with Gasteiger partial charge in [0.1, 0.15) is 11.6 Å². The largest absolute Gasteiger partial charge is 0.497 e. The van der Waals surface area contributed by atoms with Crippen LogP contribution in [0.5, 0.6) is 5.75 Å². The maximum Gasteiger partial charge on any atom is 0.265 e. The van der Waals surface area contributed by atoms with Crippen LogP contribution in [0.4, 0.5) is 18.9 Å². The lowest BCUT2D eigenvalue weighted by atomic mass is 9.90. The minimum atomic E-state index is -2.90. The van der Waals surface area contributed by atoms with Crippen LogP contribution in [0.15, 0.2) is 42.5 Å². The van der Waals surface area contributed by atoms with E-state index in [1.54, 1.807) is 36.4 Å². The molecular weight excluding hydrogens is 539 g/mol. The Morgan fingerprint density at radius 2 is 1.90 bits per heavy atom. The zero-order valence-corrected chi connectivity index (χ0v) is 22.9. The number of amides is 3. The predicted octanol–water partition coefficient (Wildman–Crippen LogP) is 2.92. The van der Waals surface area contributed by atoms with E-state index < -0.39 is 42.1 Å². The maximum atomic E-state index is 15.1. The summed E-state index contributed by atoms with van der Waals surface area (Å²) in [7, 11) is 1.49. The summed E-state index contributed by atoms with van der Waals surface area (Å²) >= 11 is 0. The molecule has 2 aromatic carbocycles. The second-order valence-electron chi connectivity index (χ2n) is 10.8. The van der Waals surface area contributed by atoms with E-state index >= 15 is 4.39 Å². The number of hydrogen-bond donors (Lipinski definition) is 2. The molecule has 3 amide bonds. The fourth-order valence-electron chi connectivity index (χ4n) is 5.80. The van der Waals surface area contributed by atoms with Gasteiger partial charge in [0.2, 0.25) is 11.8 Å². The topological polar surface area (TPSA) is 94.2 Å². The van der Waals surface area contributed by atoms with Gasteiger partial charge in [-0.2, -0.15) is 0 Å². The molecule has 41 heavy (non-hydrogen) atoms. The smallest absolute Gasteiger partial charge is 0.265 e. The molecule has 0 saturated carbocycles. The molecule has 3 aliphatic heterocycles. The molecule has 3 saturated heterocycles. The Morgan fingerprint density at radius 3 is 2.61 bits per heavy atom. The van der Waals surface area contributed by atoms with Crippen LogP contribution in [-0.2, 0) is 9.59 Å². The van der Waals surface area contributed by atoms with Crippen molar-refractivity contribution < 1.29 is 32.3 Å². The standard InChI is InChI=1S/C29H34F3N5O4/c1-41-22-4-2-3-20(15-22)27(39)34-37-18-29(31,32)17-21(37)9-10-35-11-13-36(14-12-35)25-7-5-19(16-24(25)30)23-6-8-26(38)33-28(23)40/h2-5,7,15-16,21,23H,6,8-14,17-18H2,1H3,(H,34,39)(H,33,38,40). The van der Waals surface area contributed by atoms with Gasteiger partial charge >= 0.3 is 0 Å². The number of ether oxygens (including phenoxy) is 1. The van der Waals surface area contributed by atoms with Gasteiger partial charge in [0.05, 0.1) is 25.3 Å². The number of anilines is 1. The van der Waals surface area contributed by atoms with E-state index in [-0.39, 0.29) is 18.7 Å². The van der Waals surface area contributed by atoms with E-state index in [0.717, 1.165) is 0 Å². The number of piperidine rings is 1. The van der Waals surface area contributed by atoms with Gasteiger partial charge in [-0.25, -0.2) is 18.2 Å². The van der Waals surface area contributed by atoms with Crippen molar-refractivity contribution in [1.29, 1.82) is 0 Å². The van der Waals surface area contributed by atoms with Crippen molar-refractivity contribution >= 4 is 23.4 Å². The van der Waals surface area contributed by atoms with Gasteiger partial charge in [-0.05, 0) is 55.3 Å². The summed E-state index contributed by atoms with van der Waals surface area (Å²) in [6.07, 6.45) is 0.697. The summed E-state index contributed by atoms with van der Waals surface area (Å²) in [5.74, 6) is -4.54. The van der Waals surface area contributed by atoms with E-state index in [9.17, 15) is 23.2 Å². The summed E-state index contributed by atoms with van der Waals surface area (Å²) in [5.41, 5.74) is 3.98. The zero-order chi connectivity index (χ0) is 29.1. The number of carbonyl (C=O) groups is 3. The number of nitrogens with zero attached hydrogens (tertiary/aromatic N) is 3. The van der Waals surface area contributed by atoms with Gasteiger partial charge in [-0.1, -0.05) is 12.1 Å². The number of carbonyl (C=O) groups excluding carboxylic acids is 3. The van der Waals surface area contributed by atoms with Crippen molar-refractivity contribution in [1.82, 2.24) is 20.7 Å². The van der Waals surface area contributed by atoms with Crippen LogP contribution in [0.1, 0.15) is 47.5 Å². The second-order valence-corrected chi connectivity index (χ2v) is 10.8. The molecule has 0 bridgehead atoms. The molecule has 5 rings (SSSR count). The highest BCUT2D eigenvalue weighted by Crippen LogP contribution is 2.33. The third-order valence-corrected chi connectivity index (χ3v) is 8.06. The molecule has 2 atom stereocenters. The number of hydrazine groups is 1. The Kier molecular flexibility index (Phi) is 8.50. The fraction of sp³-hybridized carbons (Fsp3) is 0.483. The zero-order valence-electron chi connectivity index (χ0n) is 22.9. The van der Waals surface area contributed by atoms with Gasteiger partial charge in [-0.3, -0.25) is 30.0 Å². The fourth-order valence-corrected chi connectivity index (χ4v) is 5.80. The summed E-state index contributed by atoms with van der Waals surface area (Å²) in [4.78, 5) is 40.4. The number of alkyl halides is 2. The number of methoxy groups -OCH3 is 1. The number of rotatable bonds is 8. The quantitative estimate of drug-likeness (QED) is 0.469. The number of piperazine rings is 1. The summed E-state index contributed by atoms with van der Waals surface area (Å²) in [6.45, 7) is 2.41. The van der Waals surface area contributed by atoms with Crippen molar-refractivity contribution in [2.45, 2.75) is 43.6 Å².